The van der Waals surface area contributed by atoms with E-state index in [1.54, 1.807) is 0 Å². The average molecular weight is 154 g/mol. The van der Waals surface area contributed by atoms with Gasteiger partial charge in [-0.05, 0) is 30.8 Å². The molecule has 0 aromatic rings. The maximum Gasteiger partial charge on any atom is 0.0750 e. The molecule has 0 spiro atoms. The Morgan fingerprint density at radius 3 is 2.73 bits per heavy atom. The van der Waals surface area contributed by atoms with Crippen LogP contribution in [0.1, 0.15) is 39.5 Å². The highest BCUT2D eigenvalue weighted by atomic mass is 16.3. The number of hydrogen-bond acceptors (Lipinski definition) is 1. The van der Waals surface area contributed by atoms with Gasteiger partial charge in [-0.1, -0.05) is 26.3 Å². The minimum Gasteiger partial charge on any atom is -0.389 e. The maximum absolute atomic E-state index is 9.55. The van der Waals surface area contributed by atoms with Crippen LogP contribution in [0.5, 0.6) is 0 Å². The first-order valence-electron chi connectivity index (χ1n) is 4.59. The quantitative estimate of drug-likeness (QED) is 0.575. The van der Waals surface area contributed by atoms with Crippen LogP contribution in [0.2, 0.25) is 0 Å². The zero-order valence-electron chi connectivity index (χ0n) is 7.51. The predicted octanol–water partition coefficient (Wildman–Crippen LogP) is 2.50. The lowest BCUT2D eigenvalue weighted by molar-refractivity contribution is 0.177. The van der Waals surface area contributed by atoms with E-state index >= 15 is 0 Å². The van der Waals surface area contributed by atoms with Crippen LogP contribution < -0.4 is 0 Å². The third-order valence-electron chi connectivity index (χ3n) is 2.17. The largest absolute Gasteiger partial charge is 0.389 e. The molecular weight excluding hydrogens is 136 g/mol. The van der Waals surface area contributed by atoms with Crippen molar-refractivity contribution >= 4 is 0 Å². The summed E-state index contributed by atoms with van der Waals surface area (Å²) in [5.41, 5.74) is 1.27. The van der Waals surface area contributed by atoms with Crippen molar-refractivity contribution in [2.45, 2.75) is 45.6 Å². The standard InChI is InChI=1S/C10H18O/c1-8(2)7-9-5-3-4-6-10(9)11/h7-8,10-11H,3-6H2,1-2H3/b9-7+. The summed E-state index contributed by atoms with van der Waals surface area (Å²) in [6.07, 6.45) is 6.61. The molecule has 64 valence electrons. The molecule has 11 heavy (non-hydrogen) atoms. The molecule has 0 amide bonds. The molecule has 0 aromatic heterocycles. The van der Waals surface area contributed by atoms with E-state index in [-0.39, 0.29) is 6.10 Å². The van der Waals surface area contributed by atoms with Gasteiger partial charge < -0.3 is 5.11 Å². The Hall–Kier alpha value is -0.300. The Morgan fingerprint density at radius 1 is 1.45 bits per heavy atom. The van der Waals surface area contributed by atoms with E-state index in [0.717, 1.165) is 12.8 Å². The van der Waals surface area contributed by atoms with E-state index in [1.165, 1.54) is 18.4 Å². The minimum absolute atomic E-state index is 0.133. The number of aliphatic hydroxyl groups excluding tert-OH is 1. The first-order valence-corrected chi connectivity index (χ1v) is 4.59. The van der Waals surface area contributed by atoms with Crippen LogP contribution in [-0.4, -0.2) is 11.2 Å². The molecule has 0 aromatic carbocycles. The summed E-state index contributed by atoms with van der Waals surface area (Å²) in [6, 6.07) is 0. The zero-order valence-corrected chi connectivity index (χ0v) is 7.51. The van der Waals surface area contributed by atoms with Crippen LogP contribution >= 0.6 is 0 Å². The molecule has 1 heteroatoms. The molecule has 0 saturated heterocycles. The van der Waals surface area contributed by atoms with Crippen LogP contribution in [0.25, 0.3) is 0 Å². The smallest absolute Gasteiger partial charge is 0.0750 e. The molecule has 1 fully saturated rings. The van der Waals surface area contributed by atoms with Gasteiger partial charge in [0.25, 0.3) is 0 Å². The lowest BCUT2D eigenvalue weighted by atomic mass is 9.90. The Bertz CT molecular complexity index is 147. The molecule has 1 unspecified atom stereocenters. The van der Waals surface area contributed by atoms with Crippen molar-refractivity contribution in [3.63, 3.8) is 0 Å². The van der Waals surface area contributed by atoms with E-state index in [0.29, 0.717) is 5.92 Å². The van der Waals surface area contributed by atoms with Gasteiger partial charge in [-0.15, -0.1) is 0 Å². The topological polar surface area (TPSA) is 20.2 Å². The molecule has 1 aliphatic rings. The second-order valence-corrected chi connectivity index (χ2v) is 3.75. The van der Waals surface area contributed by atoms with E-state index in [9.17, 15) is 5.11 Å². The van der Waals surface area contributed by atoms with E-state index in [1.807, 2.05) is 0 Å². The van der Waals surface area contributed by atoms with Crippen LogP contribution in [0.4, 0.5) is 0 Å². The molecule has 1 rings (SSSR count). The van der Waals surface area contributed by atoms with Gasteiger partial charge in [0, 0.05) is 0 Å². The van der Waals surface area contributed by atoms with Gasteiger partial charge in [-0.2, -0.15) is 0 Å². The fourth-order valence-electron chi connectivity index (χ4n) is 1.64. The van der Waals surface area contributed by atoms with Crippen molar-refractivity contribution in [1.29, 1.82) is 0 Å². The first kappa shape index (κ1) is 8.79. The number of rotatable bonds is 1. The molecule has 1 atom stereocenters. The van der Waals surface area contributed by atoms with E-state index in [4.69, 9.17) is 0 Å². The van der Waals surface area contributed by atoms with Gasteiger partial charge in [-0.25, -0.2) is 0 Å². The van der Waals surface area contributed by atoms with Crippen molar-refractivity contribution in [2.75, 3.05) is 0 Å². The number of aliphatic hydroxyl groups is 1. The first-order chi connectivity index (χ1) is 5.20. The van der Waals surface area contributed by atoms with Gasteiger partial charge in [0.2, 0.25) is 0 Å². The van der Waals surface area contributed by atoms with Crippen molar-refractivity contribution in [1.82, 2.24) is 0 Å². The maximum atomic E-state index is 9.55. The fraction of sp³-hybridized carbons (Fsp3) is 0.800. The zero-order chi connectivity index (χ0) is 8.27. The second kappa shape index (κ2) is 3.91. The van der Waals surface area contributed by atoms with Crippen LogP contribution in [0.3, 0.4) is 0 Å². The monoisotopic (exact) mass is 154 g/mol. The third kappa shape index (κ3) is 2.66. The van der Waals surface area contributed by atoms with Crippen molar-refractivity contribution < 1.29 is 5.11 Å². The lowest BCUT2D eigenvalue weighted by Crippen LogP contribution is -2.15. The highest BCUT2D eigenvalue weighted by Crippen LogP contribution is 2.24. The summed E-state index contributed by atoms with van der Waals surface area (Å²) >= 11 is 0. The summed E-state index contributed by atoms with van der Waals surface area (Å²) in [5, 5.41) is 9.55. The predicted molar refractivity (Wildman–Crippen MR) is 47.4 cm³/mol. The average Bonchev–Trinajstić information content (AvgIpc) is 1.93. The van der Waals surface area contributed by atoms with Gasteiger partial charge in [-0.3, -0.25) is 0 Å². The summed E-state index contributed by atoms with van der Waals surface area (Å²) in [4.78, 5) is 0. The summed E-state index contributed by atoms with van der Waals surface area (Å²) in [7, 11) is 0. The summed E-state index contributed by atoms with van der Waals surface area (Å²) in [5.74, 6) is 0.581. The Balaban J connectivity index is 2.53. The van der Waals surface area contributed by atoms with Crippen molar-refractivity contribution in [3.05, 3.63) is 11.6 Å². The Morgan fingerprint density at radius 2 is 2.18 bits per heavy atom. The molecule has 1 N–H and O–H groups in total. The molecule has 0 bridgehead atoms. The summed E-state index contributed by atoms with van der Waals surface area (Å²) in [6.45, 7) is 4.32. The van der Waals surface area contributed by atoms with Gasteiger partial charge in [0.1, 0.15) is 0 Å². The lowest BCUT2D eigenvalue weighted by Gasteiger charge is -2.21. The third-order valence-corrected chi connectivity index (χ3v) is 2.17. The second-order valence-electron chi connectivity index (χ2n) is 3.75. The molecule has 1 aliphatic carbocycles. The fourth-order valence-corrected chi connectivity index (χ4v) is 1.64. The van der Waals surface area contributed by atoms with Crippen LogP contribution in [0.15, 0.2) is 11.6 Å². The highest BCUT2D eigenvalue weighted by Gasteiger charge is 2.15. The Labute approximate surface area is 69.1 Å². The molecule has 0 heterocycles. The van der Waals surface area contributed by atoms with E-state index < -0.39 is 0 Å². The van der Waals surface area contributed by atoms with Crippen molar-refractivity contribution in [3.8, 4) is 0 Å². The van der Waals surface area contributed by atoms with Crippen LogP contribution in [0, 0.1) is 5.92 Å². The summed E-state index contributed by atoms with van der Waals surface area (Å²) < 4.78 is 0. The van der Waals surface area contributed by atoms with Gasteiger partial charge in [0.05, 0.1) is 6.10 Å². The number of allylic oxidation sites excluding steroid dienone is 1. The van der Waals surface area contributed by atoms with Crippen LogP contribution in [-0.2, 0) is 0 Å². The van der Waals surface area contributed by atoms with Crippen molar-refractivity contribution in [2.24, 2.45) is 5.92 Å². The molecule has 0 radical (unpaired) electrons. The molecule has 1 nitrogen and oxygen atoms in total. The molecular formula is C10H18O. The van der Waals surface area contributed by atoms with Gasteiger partial charge in [0.15, 0.2) is 0 Å². The van der Waals surface area contributed by atoms with E-state index in [2.05, 4.69) is 19.9 Å². The normalized spacial score (nSPS) is 29.8. The SMILES string of the molecule is CC(C)/C=C1\CCCCC1O. The highest BCUT2D eigenvalue weighted by molar-refractivity contribution is 5.10. The molecule has 0 aliphatic heterocycles. The molecule has 1 saturated carbocycles. The minimum atomic E-state index is -0.133. The Kier molecular flexibility index (Phi) is 3.13. The number of hydrogen-bond donors (Lipinski definition) is 1. The van der Waals surface area contributed by atoms with Gasteiger partial charge >= 0.3 is 0 Å².